The standard InChI is InChI=1S/C52H63N5O11S/c1-5-26-56(69(63,64)43-23-18-39(19-24-43)54-36(4)60)49-32-47(55-67-33-37-16-20-41(21-17-37)57(61)62)45-30-38(13-7-9-27-58)44(15-8-10-28-59)50-46-31-42(65-34-40-14-11-12-35(3)53-40)22-25-48(46)68-52(49,51(45)50)66-29-6-2/h6,11-12,14,16-25,30-31,38,44,49-51,58-59H,2,5,7-10,13,15,26-29,32-34H2,1,3-4H3,(H,54,60)/t38-,44+,49-,50+,51+,52+/m0/s1. The van der Waals surface area contributed by atoms with E-state index in [1.807, 2.05) is 50.2 Å². The van der Waals surface area contributed by atoms with Gasteiger partial charge in [0.1, 0.15) is 24.7 Å². The number of hydrogen-bond donors (Lipinski definition) is 3. The molecule has 6 atom stereocenters. The summed E-state index contributed by atoms with van der Waals surface area (Å²) in [5, 5.41) is 39.0. The van der Waals surface area contributed by atoms with Crippen LogP contribution in [0, 0.1) is 34.8 Å². The van der Waals surface area contributed by atoms with Crippen LogP contribution in [0.2, 0.25) is 0 Å². The number of allylic oxidation sites excluding steroid dienone is 1. The number of pyridine rings is 1. The second kappa shape index (κ2) is 23.1. The molecule has 2 aliphatic carbocycles. The van der Waals surface area contributed by atoms with Gasteiger partial charge in [-0.05, 0) is 129 Å². The molecule has 3 aromatic carbocycles. The predicted molar refractivity (Wildman–Crippen MR) is 261 cm³/mol. The lowest BCUT2D eigenvalue weighted by Crippen LogP contribution is -2.70. The van der Waals surface area contributed by atoms with E-state index >= 15 is 8.42 Å². The number of aliphatic hydroxyl groups is 2. The Morgan fingerprint density at radius 1 is 1.03 bits per heavy atom. The van der Waals surface area contributed by atoms with Gasteiger partial charge in [0.05, 0.1) is 39.8 Å². The smallest absolute Gasteiger partial charge is 0.269 e. The first-order chi connectivity index (χ1) is 33.3. The van der Waals surface area contributed by atoms with Crippen LogP contribution in [0.25, 0.3) is 0 Å². The van der Waals surface area contributed by atoms with Crippen molar-refractivity contribution in [3.63, 3.8) is 0 Å². The van der Waals surface area contributed by atoms with Crippen LogP contribution < -0.4 is 14.8 Å². The van der Waals surface area contributed by atoms with E-state index in [2.05, 4.69) is 23.0 Å². The van der Waals surface area contributed by atoms with E-state index in [1.165, 1.54) is 35.5 Å². The Hall–Kier alpha value is -5.98. The van der Waals surface area contributed by atoms with Crippen LogP contribution in [-0.4, -0.2) is 82.7 Å². The normalized spacial score (nSPS) is 22.2. The third kappa shape index (κ3) is 11.6. The molecule has 69 heavy (non-hydrogen) atoms. The first-order valence-electron chi connectivity index (χ1n) is 23.7. The summed E-state index contributed by atoms with van der Waals surface area (Å²) in [7, 11) is -4.33. The third-order valence-corrected chi connectivity index (χ3v) is 15.0. The van der Waals surface area contributed by atoms with Gasteiger partial charge in [-0.15, -0.1) is 6.58 Å². The van der Waals surface area contributed by atoms with Gasteiger partial charge in [0, 0.05) is 68.1 Å². The Balaban J connectivity index is 1.43. The van der Waals surface area contributed by atoms with Crippen LogP contribution in [0.3, 0.4) is 0 Å². The van der Waals surface area contributed by atoms with E-state index in [1.54, 1.807) is 30.3 Å². The number of fused-ring (bicyclic) bond motifs is 2. The molecule has 1 amide bonds. The molecule has 1 aromatic heterocycles. The minimum Gasteiger partial charge on any atom is -0.487 e. The highest BCUT2D eigenvalue weighted by Gasteiger charge is 2.66. The summed E-state index contributed by atoms with van der Waals surface area (Å²) in [5.41, 5.74) is 4.79. The Kier molecular flexibility index (Phi) is 17.0. The van der Waals surface area contributed by atoms with E-state index in [0.29, 0.717) is 60.6 Å². The number of non-ortho nitro benzene ring substituents is 1. The fourth-order valence-corrected chi connectivity index (χ4v) is 11.9. The predicted octanol–water partition coefficient (Wildman–Crippen LogP) is 8.77. The average Bonchev–Trinajstić information content (AvgIpc) is 3.33. The lowest BCUT2D eigenvalue weighted by molar-refractivity contribution is -0.384. The highest BCUT2D eigenvalue weighted by molar-refractivity contribution is 7.89. The molecule has 0 spiro atoms. The maximum atomic E-state index is 15.3. The zero-order valence-corrected chi connectivity index (χ0v) is 40.3. The maximum absolute atomic E-state index is 15.3. The lowest BCUT2D eigenvalue weighted by Gasteiger charge is -2.59. The van der Waals surface area contributed by atoms with Crippen molar-refractivity contribution in [1.29, 1.82) is 0 Å². The molecular weight excluding hydrogens is 903 g/mol. The molecule has 17 heteroatoms. The number of nitro groups is 1. The third-order valence-electron chi connectivity index (χ3n) is 13.1. The Morgan fingerprint density at radius 3 is 2.43 bits per heavy atom. The molecule has 3 aliphatic rings. The first kappa shape index (κ1) is 50.9. The minimum atomic E-state index is -4.33. The molecular formula is C52H63N5O11S. The molecule has 0 unspecified atom stereocenters. The van der Waals surface area contributed by atoms with Crippen molar-refractivity contribution < 1.29 is 47.4 Å². The molecule has 7 rings (SSSR count). The summed E-state index contributed by atoms with van der Waals surface area (Å²) in [5.74, 6) is -2.03. The molecule has 0 radical (unpaired) electrons. The van der Waals surface area contributed by atoms with Gasteiger partial charge in [-0.1, -0.05) is 43.1 Å². The van der Waals surface area contributed by atoms with Crippen LogP contribution in [0.5, 0.6) is 11.5 Å². The number of aryl methyl sites for hydroxylation is 1. The number of anilines is 1. The molecule has 2 heterocycles. The van der Waals surface area contributed by atoms with Gasteiger partial charge in [0.2, 0.25) is 21.7 Å². The van der Waals surface area contributed by atoms with Crippen molar-refractivity contribution in [1.82, 2.24) is 9.29 Å². The number of carbonyl (C=O) groups is 1. The Bertz CT molecular complexity index is 2610. The molecule has 0 saturated heterocycles. The van der Waals surface area contributed by atoms with E-state index in [0.717, 1.165) is 35.4 Å². The van der Waals surface area contributed by atoms with E-state index in [9.17, 15) is 25.1 Å². The van der Waals surface area contributed by atoms with Gasteiger partial charge in [0.15, 0.2) is 0 Å². The second-order valence-electron chi connectivity index (χ2n) is 17.8. The number of sulfonamides is 1. The van der Waals surface area contributed by atoms with Crippen molar-refractivity contribution in [2.24, 2.45) is 22.9 Å². The van der Waals surface area contributed by atoms with Crippen LogP contribution in [0.1, 0.15) is 93.6 Å². The summed E-state index contributed by atoms with van der Waals surface area (Å²) in [4.78, 5) is 33.6. The zero-order chi connectivity index (χ0) is 49.1. The number of aliphatic hydroxyl groups excluding tert-OH is 2. The van der Waals surface area contributed by atoms with Crippen molar-refractivity contribution in [2.75, 3.05) is 31.7 Å². The second-order valence-corrected chi connectivity index (χ2v) is 19.7. The number of hydrogen-bond acceptors (Lipinski definition) is 13. The number of aromatic nitrogens is 1. The number of amides is 1. The SMILES string of the molecule is C=CCO[C@@]12Oc3ccc(OCc4cccc(C)n4)cc3[C@H]3[C@H](CCCCO)[C@@H](CCCCO)C=C(C(=NOCc4ccc([N+](=O)[O-])cc4)C[C@@H]1N(CCC)S(=O)(=O)c1ccc(NC(C)=O)cc1)[C@H]32. The highest BCUT2D eigenvalue weighted by atomic mass is 32.2. The minimum absolute atomic E-state index is 0.00490. The van der Waals surface area contributed by atoms with Gasteiger partial charge in [0.25, 0.3) is 5.69 Å². The molecule has 1 fully saturated rings. The van der Waals surface area contributed by atoms with Gasteiger partial charge >= 0.3 is 0 Å². The highest BCUT2D eigenvalue weighted by Crippen LogP contribution is 2.62. The molecule has 1 aliphatic heterocycles. The van der Waals surface area contributed by atoms with Crippen molar-refractivity contribution in [3.8, 4) is 11.5 Å². The summed E-state index contributed by atoms with van der Waals surface area (Å²) >= 11 is 0. The number of nitrogens with zero attached hydrogens (tertiary/aromatic N) is 4. The van der Waals surface area contributed by atoms with E-state index in [4.69, 9.17) is 24.2 Å². The molecule has 3 N–H and O–H groups in total. The molecule has 16 nitrogen and oxygen atoms in total. The quantitative estimate of drug-likeness (QED) is 0.0260. The first-order valence-corrected chi connectivity index (χ1v) is 25.2. The molecule has 1 saturated carbocycles. The lowest BCUT2D eigenvalue weighted by atomic mass is 9.55. The number of carbonyl (C=O) groups excluding carboxylic acids is 1. The van der Waals surface area contributed by atoms with Crippen LogP contribution >= 0.6 is 0 Å². The number of benzene rings is 3. The number of nitro benzene ring substituents is 1. The van der Waals surface area contributed by atoms with Crippen LogP contribution in [0.4, 0.5) is 11.4 Å². The average molecular weight is 966 g/mol. The summed E-state index contributed by atoms with van der Waals surface area (Å²) < 4.78 is 52.9. The molecule has 368 valence electrons. The van der Waals surface area contributed by atoms with E-state index < -0.39 is 32.7 Å². The largest absolute Gasteiger partial charge is 0.487 e. The fourth-order valence-electron chi connectivity index (χ4n) is 10.2. The number of unbranched alkanes of at least 4 members (excludes halogenated alkanes) is 2. The maximum Gasteiger partial charge on any atom is 0.269 e. The van der Waals surface area contributed by atoms with Gasteiger partial charge in [-0.3, -0.25) is 19.9 Å². The van der Waals surface area contributed by atoms with Gasteiger partial charge in [-0.25, -0.2) is 8.42 Å². The molecule has 4 aromatic rings. The fraction of sp³-hybridized carbons (Fsp3) is 0.442. The van der Waals surface area contributed by atoms with E-state index in [-0.39, 0.29) is 80.2 Å². The number of rotatable bonds is 24. The van der Waals surface area contributed by atoms with Gasteiger partial charge in [-0.2, -0.15) is 4.31 Å². The van der Waals surface area contributed by atoms with Crippen LogP contribution in [0.15, 0.2) is 119 Å². The number of nitrogens with one attached hydrogen (secondary N) is 1. The van der Waals surface area contributed by atoms with Crippen molar-refractivity contribution in [2.45, 2.75) is 108 Å². The summed E-state index contributed by atoms with van der Waals surface area (Å²) in [6.07, 6.45) is 8.35. The zero-order valence-electron chi connectivity index (χ0n) is 39.5. The summed E-state index contributed by atoms with van der Waals surface area (Å²) in [6, 6.07) is 22.5. The Morgan fingerprint density at radius 2 is 1.77 bits per heavy atom. The van der Waals surface area contributed by atoms with Crippen molar-refractivity contribution >= 4 is 33.0 Å². The number of oxime groups is 1. The van der Waals surface area contributed by atoms with Gasteiger partial charge < -0.3 is 34.6 Å². The topological polar surface area (TPSA) is 212 Å². The Labute approximate surface area is 404 Å². The number of ether oxygens (including phenoxy) is 3. The monoisotopic (exact) mass is 965 g/mol. The molecule has 0 bridgehead atoms. The summed E-state index contributed by atoms with van der Waals surface area (Å²) in [6.45, 7) is 9.55. The van der Waals surface area contributed by atoms with Crippen molar-refractivity contribution in [3.05, 3.63) is 142 Å². The van der Waals surface area contributed by atoms with Crippen LogP contribution in [-0.2, 0) is 37.6 Å².